The number of nitrogens with one attached hydrogen (secondary N) is 4. The first-order chi connectivity index (χ1) is 13.7. The monoisotopic (exact) mass is 415 g/mol. The molecule has 3 atom stereocenters. The highest BCUT2D eigenvalue weighted by molar-refractivity contribution is 5.78. The third kappa shape index (κ3) is 3.87. The van der Waals surface area contributed by atoms with Gasteiger partial charge in [0.15, 0.2) is 6.04 Å². The molecule has 0 bridgehead atoms. The van der Waals surface area contributed by atoms with E-state index >= 15 is 0 Å². The van der Waals surface area contributed by atoms with Crippen molar-refractivity contribution < 1.29 is 39.2 Å². The van der Waals surface area contributed by atoms with E-state index in [-0.39, 0.29) is 31.4 Å². The fraction of sp³-hybridized carbons (Fsp3) is 0.750. The number of guanidine groups is 2. The molecule has 3 rings (SSSR count). The molecule has 0 radical (unpaired) electrons. The molecule has 13 nitrogen and oxygen atoms in total. The molecule has 162 valence electrons. The average molecular weight is 415 g/mol. The van der Waals surface area contributed by atoms with E-state index in [0.717, 1.165) is 0 Å². The largest absolute Gasteiger partial charge is 0.481 e. The summed E-state index contributed by atoms with van der Waals surface area (Å²) in [5.74, 6) is -2.55. The molecule has 1 saturated heterocycles. The second kappa shape index (κ2) is 7.91. The maximum Gasteiger partial charge on any atom is 0.407 e. The molecule has 3 aliphatic heterocycles. The minimum Gasteiger partial charge on any atom is -0.481 e. The van der Waals surface area contributed by atoms with E-state index in [2.05, 4.69) is 20.9 Å². The Kier molecular flexibility index (Phi) is 5.71. The van der Waals surface area contributed by atoms with Gasteiger partial charge < -0.3 is 25.4 Å². The zero-order chi connectivity index (χ0) is 21.2. The van der Waals surface area contributed by atoms with E-state index in [9.17, 15) is 19.8 Å². The number of carbonyl (C=O) groups is 2. The Morgan fingerprint density at radius 2 is 2.07 bits per heavy atom. The summed E-state index contributed by atoms with van der Waals surface area (Å²) in [4.78, 5) is 25.4. The van der Waals surface area contributed by atoms with Crippen LogP contribution in [0.5, 0.6) is 0 Å². The molecule has 0 aliphatic carbocycles. The van der Waals surface area contributed by atoms with Crippen molar-refractivity contribution in [3.05, 3.63) is 0 Å². The van der Waals surface area contributed by atoms with Crippen molar-refractivity contribution >= 4 is 24.0 Å². The number of carboxylic acids is 1. The van der Waals surface area contributed by atoms with Gasteiger partial charge >= 0.3 is 24.0 Å². The molecule has 13 heteroatoms. The third-order valence-corrected chi connectivity index (χ3v) is 5.56. The van der Waals surface area contributed by atoms with Crippen LogP contribution in [0.15, 0.2) is 0 Å². The fourth-order valence-electron chi connectivity index (χ4n) is 4.20. The van der Waals surface area contributed by atoms with E-state index in [1.807, 2.05) is 0 Å². The Bertz CT molecular complexity index is 739. The lowest BCUT2D eigenvalue weighted by Crippen LogP contribution is -2.91. The molecule has 3 aliphatic rings. The predicted molar refractivity (Wildman–Crippen MR) is 98.3 cm³/mol. The summed E-state index contributed by atoms with van der Waals surface area (Å²) < 4.78 is 6.87. The van der Waals surface area contributed by atoms with Crippen LogP contribution in [0.1, 0.15) is 32.1 Å². The van der Waals surface area contributed by atoms with Crippen molar-refractivity contribution in [2.75, 3.05) is 19.7 Å². The predicted octanol–water partition coefficient (Wildman–Crippen LogP) is -5.20. The van der Waals surface area contributed by atoms with Gasteiger partial charge in [-0.1, -0.05) is 6.42 Å². The first-order valence-corrected chi connectivity index (χ1v) is 9.58. The van der Waals surface area contributed by atoms with Crippen LogP contribution in [-0.4, -0.2) is 87.1 Å². The molecule has 0 unspecified atom stereocenters. The average Bonchev–Trinajstić information content (AvgIpc) is 3.12. The highest BCUT2D eigenvalue weighted by atomic mass is 16.5. The minimum absolute atomic E-state index is 0.0593. The number of aliphatic carboxylic acids is 1. The molecule has 0 saturated carbocycles. The molecule has 1 amide bonds. The van der Waals surface area contributed by atoms with Gasteiger partial charge in [-0.25, -0.2) is 14.7 Å². The van der Waals surface area contributed by atoms with Gasteiger partial charge in [0.05, 0.1) is 6.54 Å². The van der Waals surface area contributed by atoms with Gasteiger partial charge in [-0.3, -0.25) is 26.6 Å². The van der Waals surface area contributed by atoms with Crippen LogP contribution < -0.4 is 32.4 Å². The second-order valence-corrected chi connectivity index (χ2v) is 7.51. The standard InChI is InChI=1S/C16H27N7O6/c17-12-21-11-9(8-29-14(26)19-6-3-1-2-4-10(24)25)20-13(18)23-7-5-15(27,28)16(11,23)22-12/h9,11,27-28H,1-8H2,(H7,17,18,19,20,21,22,24,25,26)/p+2/t9-,11-,16-/m0/s1. The number of rotatable bonds is 8. The Morgan fingerprint density at radius 1 is 1.31 bits per heavy atom. The number of amides is 1. The Morgan fingerprint density at radius 3 is 2.79 bits per heavy atom. The molecule has 3 heterocycles. The number of nitrogens with two attached hydrogens (primary N) is 2. The zero-order valence-corrected chi connectivity index (χ0v) is 16.0. The molecule has 11 N–H and O–H groups in total. The van der Waals surface area contributed by atoms with Gasteiger partial charge in [0, 0.05) is 19.4 Å². The molecule has 29 heavy (non-hydrogen) atoms. The lowest BCUT2D eigenvalue weighted by molar-refractivity contribution is -0.674. The highest BCUT2D eigenvalue weighted by Gasteiger charge is 2.74. The Labute approximate surface area is 166 Å². The molecule has 0 aromatic carbocycles. The topological polar surface area (TPSA) is 209 Å². The van der Waals surface area contributed by atoms with E-state index in [1.165, 1.54) is 0 Å². The number of alkyl carbamates (subject to hydrolysis) is 1. The number of unbranched alkanes of at least 4 members (excludes halogenated alkanes) is 2. The van der Waals surface area contributed by atoms with Gasteiger partial charge in [-0.15, -0.1) is 0 Å². The van der Waals surface area contributed by atoms with Crippen molar-refractivity contribution in [3.8, 4) is 0 Å². The number of aliphatic hydroxyl groups is 2. The van der Waals surface area contributed by atoms with E-state index in [4.69, 9.17) is 21.3 Å². The lowest BCUT2D eigenvalue weighted by atomic mass is 9.87. The molecular formula is C16H29N7O6+2. The van der Waals surface area contributed by atoms with Crippen molar-refractivity contribution in [2.45, 2.75) is 55.6 Å². The van der Waals surface area contributed by atoms with Crippen molar-refractivity contribution in [2.24, 2.45) is 11.5 Å². The van der Waals surface area contributed by atoms with Crippen LogP contribution in [0, 0.1) is 0 Å². The van der Waals surface area contributed by atoms with E-state index < -0.39 is 35.6 Å². The Balaban J connectivity index is 1.54. The number of carboxylic acid groups (broad SMARTS) is 1. The van der Waals surface area contributed by atoms with Crippen LogP contribution >= 0.6 is 0 Å². The SMILES string of the molecule is NC1=[NH+][C@H]2[C@H](COC(=O)NCCCCCC(=O)O)NC(N)=[N+]3CCC(O)(O)[C@]23N1. The van der Waals surface area contributed by atoms with Gasteiger partial charge in [0.25, 0.3) is 5.66 Å². The molecule has 1 fully saturated rings. The normalized spacial score (nSPS) is 29.2. The lowest BCUT2D eigenvalue weighted by Gasteiger charge is -2.40. The summed E-state index contributed by atoms with van der Waals surface area (Å²) in [5.41, 5.74) is 10.6. The number of nitrogens with zero attached hydrogens (tertiary/aromatic N) is 1. The van der Waals surface area contributed by atoms with Gasteiger partial charge in [0.2, 0.25) is 5.79 Å². The Hall–Kier alpha value is -2.80. The van der Waals surface area contributed by atoms with Gasteiger partial charge in [-0.2, -0.15) is 0 Å². The van der Waals surface area contributed by atoms with Crippen molar-refractivity contribution in [3.63, 3.8) is 0 Å². The zero-order valence-electron chi connectivity index (χ0n) is 16.0. The summed E-state index contributed by atoms with van der Waals surface area (Å²) in [6, 6.07) is -1.20. The fourth-order valence-corrected chi connectivity index (χ4v) is 4.20. The van der Waals surface area contributed by atoms with Crippen LogP contribution in [0.2, 0.25) is 0 Å². The van der Waals surface area contributed by atoms with Crippen molar-refractivity contribution in [1.29, 1.82) is 0 Å². The summed E-state index contributed by atoms with van der Waals surface area (Å²) in [5, 5.41) is 38.3. The summed E-state index contributed by atoms with van der Waals surface area (Å²) in [7, 11) is 0. The molecule has 1 spiro atoms. The van der Waals surface area contributed by atoms with Crippen LogP contribution in [-0.2, 0) is 9.53 Å². The summed E-state index contributed by atoms with van der Waals surface area (Å²) in [6.07, 6.45) is 1.41. The first-order valence-electron chi connectivity index (χ1n) is 9.58. The van der Waals surface area contributed by atoms with Gasteiger partial charge in [-0.05, 0) is 12.8 Å². The number of hydrogen-bond donors (Lipinski definition) is 9. The van der Waals surface area contributed by atoms with Gasteiger partial charge in [0.1, 0.15) is 12.6 Å². The highest BCUT2D eigenvalue weighted by Crippen LogP contribution is 2.36. The quantitative estimate of drug-likeness (QED) is 0.104. The number of carbonyl (C=O) groups excluding carboxylic acids is 1. The van der Waals surface area contributed by atoms with E-state index in [1.54, 1.807) is 4.58 Å². The number of hydrogen-bond acceptors (Lipinski definition) is 9. The summed E-state index contributed by atoms with van der Waals surface area (Å²) >= 11 is 0. The smallest absolute Gasteiger partial charge is 0.407 e. The van der Waals surface area contributed by atoms with Crippen LogP contribution in [0.25, 0.3) is 0 Å². The molecule has 0 aromatic heterocycles. The van der Waals surface area contributed by atoms with Crippen molar-refractivity contribution in [1.82, 2.24) is 16.0 Å². The second-order valence-electron chi connectivity index (χ2n) is 7.51. The third-order valence-electron chi connectivity index (χ3n) is 5.56. The minimum atomic E-state index is -2.10. The first kappa shape index (κ1) is 20.9. The van der Waals surface area contributed by atoms with Crippen LogP contribution in [0.4, 0.5) is 4.79 Å². The summed E-state index contributed by atoms with van der Waals surface area (Å²) in [6.45, 7) is 0.576. The molecule has 0 aromatic rings. The maximum absolute atomic E-state index is 11.9. The maximum atomic E-state index is 11.9. The van der Waals surface area contributed by atoms with E-state index in [0.29, 0.717) is 32.4 Å². The van der Waals surface area contributed by atoms with Crippen LogP contribution in [0.3, 0.4) is 0 Å². The number of ether oxygens (including phenoxy) is 1. The molecular weight excluding hydrogens is 386 g/mol.